The van der Waals surface area contributed by atoms with Crippen molar-refractivity contribution < 1.29 is 4.79 Å². The lowest BCUT2D eigenvalue weighted by Crippen LogP contribution is -2.22. The van der Waals surface area contributed by atoms with E-state index in [2.05, 4.69) is 22.5 Å². The minimum atomic E-state index is -0.0951. The molecule has 2 N–H and O–H groups in total. The Kier molecular flexibility index (Phi) is 5.52. The predicted molar refractivity (Wildman–Crippen MR) is 69.3 cm³/mol. The van der Waals surface area contributed by atoms with Crippen molar-refractivity contribution in [2.45, 2.75) is 39.2 Å². The highest BCUT2D eigenvalue weighted by atomic mass is 16.1. The Labute approximate surface area is 103 Å². The number of imidazole rings is 1. The van der Waals surface area contributed by atoms with E-state index in [-0.39, 0.29) is 5.91 Å². The summed E-state index contributed by atoms with van der Waals surface area (Å²) in [6.07, 6.45) is 6.45. The third-order valence-electron chi connectivity index (χ3n) is 2.77. The monoisotopic (exact) mass is 238 g/mol. The lowest BCUT2D eigenvalue weighted by molar-refractivity contribution is 0.0954. The summed E-state index contributed by atoms with van der Waals surface area (Å²) in [5.74, 6) is 0.544. The molecule has 0 unspecified atom stereocenters. The van der Waals surface area contributed by atoms with Crippen molar-refractivity contribution in [1.29, 1.82) is 0 Å². The third-order valence-corrected chi connectivity index (χ3v) is 2.77. The topological polar surface area (TPSA) is 59.0 Å². The lowest BCUT2D eigenvalue weighted by atomic mass is 10.2. The molecule has 0 aliphatic heterocycles. The maximum atomic E-state index is 11.8. The summed E-state index contributed by atoms with van der Waals surface area (Å²) < 4.78 is 1.92. The van der Waals surface area contributed by atoms with Crippen LogP contribution in [0.15, 0.2) is 6.33 Å². The molecule has 0 aromatic carbocycles. The molecule has 0 spiro atoms. The van der Waals surface area contributed by atoms with Crippen LogP contribution in [0.5, 0.6) is 0 Å². The van der Waals surface area contributed by atoms with E-state index in [1.54, 1.807) is 20.4 Å². The number of aromatic nitrogens is 2. The van der Waals surface area contributed by atoms with Crippen LogP contribution in [0.25, 0.3) is 0 Å². The van der Waals surface area contributed by atoms with Gasteiger partial charge in [0.15, 0.2) is 11.5 Å². The predicted octanol–water partition coefficient (Wildman–Crippen LogP) is 1.86. The van der Waals surface area contributed by atoms with Gasteiger partial charge in [-0.3, -0.25) is 4.79 Å². The van der Waals surface area contributed by atoms with Gasteiger partial charge in [-0.15, -0.1) is 0 Å². The zero-order chi connectivity index (χ0) is 12.7. The summed E-state index contributed by atoms with van der Waals surface area (Å²) in [6, 6.07) is 0. The molecule has 0 atom stereocenters. The smallest absolute Gasteiger partial charge is 0.271 e. The molecule has 5 nitrogen and oxygen atoms in total. The molecule has 17 heavy (non-hydrogen) atoms. The molecule has 0 saturated carbocycles. The number of nitrogens with zero attached hydrogens (tertiary/aromatic N) is 2. The van der Waals surface area contributed by atoms with Crippen LogP contribution < -0.4 is 10.6 Å². The highest BCUT2D eigenvalue weighted by Gasteiger charge is 2.16. The molecule has 1 amide bonds. The lowest BCUT2D eigenvalue weighted by Gasteiger charge is -2.08. The van der Waals surface area contributed by atoms with E-state index in [0.717, 1.165) is 13.0 Å². The molecule has 0 saturated heterocycles. The van der Waals surface area contributed by atoms with Gasteiger partial charge in [0.25, 0.3) is 5.91 Å². The van der Waals surface area contributed by atoms with Gasteiger partial charge in [0.1, 0.15) is 0 Å². The summed E-state index contributed by atoms with van der Waals surface area (Å²) in [6.45, 7) is 3.03. The molecular formula is C12H22N4O. The third kappa shape index (κ3) is 3.47. The van der Waals surface area contributed by atoms with Crippen LogP contribution in [0, 0.1) is 0 Å². The normalized spacial score (nSPS) is 10.3. The van der Waals surface area contributed by atoms with E-state index in [1.165, 1.54) is 19.3 Å². The van der Waals surface area contributed by atoms with Gasteiger partial charge in [-0.2, -0.15) is 0 Å². The van der Waals surface area contributed by atoms with Crippen molar-refractivity contribution >= 4 is 11.7 Å². The molecule has 1 aromatic heterocycles. The first kappa shape index (κ1) is 13.5. The van der Waals surface area contributed by atoms with Crippen LogP contribution in [0.2, 0.25) is 0 Å². The van der Waals surface area contributed by atoms with Crippen molar-refractivity contribution in [3.8, 4) is 0 Å². The summed E-state index contributed by atoms with van der Waals surface area (Å²) >= 11 is 0. The molecular weight excluding hydrogens is 216 g/mol. The Morgan fingerprint density at radius 1 is 1.35 bits per heavy atom. The van der Waals surface area contributed by atoms with Crippen LogP contribution >= 0.6 is 0 Å². The Hall–Kier alpha value is -1.52. The Morgan fingerprint density at radius 2 is 2.12 bits per heavy atom. The van der Waals surface area contributed by atoms with Crippen molar-refractivity contribution in [1.82, 2.24) is 14.9 Å². The quantitative estimate of drug-likeness (QED) is 0.713. The Balaban J connectivity index is 2.70. The first-order chi connectivity index (χ1) is 8.24. The van der Waals surface area contributed by atoms with Crippen LogP contribution in [-0.4, -0.2) is 29.6 Å². The number of anilines is 1. The van der Waals surface area contributed by atoms with E-state index in [1.807, 2.05) is 4.57 Å². The van der Waals surface area contributed by atoms with Gasteiger partial charge in [-0.25, -0.2) is 4.98 Å². The Bertz CT molecular complexity index is 359. The zero-order valence-electron chi connectivity index (χ0n) is 10.9. The summed E-state index contributed by atoms with van der Waals surface area (Å²) in [5.41, 5.74) is 0.617. The number of rotatable bonds is 7. The van der Waals surface area contributed by atoms with Crippen LogP contribution in [0.4, 0.5) is 5.82 Å². The van der Waals surface area contributed by atoms with Gasteiger partial charge >= 0.3 is 0 Å². The number of carbonyl (C=O) groups is 1. The molecule has 0 aliphatic rings. The molecule has 1 heterocycles. The SMILES string of the molecule is CCCCCCn1cnc(NC)c1C(=O)NC. The average Bonchev–Trinajstić information content (AvgIpc) is 2.76. The second-order valence-corrected chi connectivity index (χ2v) is 4.02. The maximum Gasteiger partial charge on any atom is 0.271 e. The number of aryl methyl sites for hydroxylation is 1. The molecule has 0 radical (unpaired) electrons. The van der Waals surface area contributed by atoms with Crippen molar-refractivity contribution in [3.63, 3.8) is 0 Å². The fourth-order valence-corrected chi connectivity index (χ4v) is 1.80. The fourth-order valence-electron chi connectivity index (χ4n) is 1.80. The number of unbranched alkanes of at least 4 members (excludes halogenated alkanes) is 3. The number of hydrogen-bond acceptors (Lipinski definition) is 3. The largest absolute Gasteiger partial charge is 0.371 e. The van der Waals surface area contributed by atoms with Crippen molar-refractivity contribution in [2.75, 3.05) is 19.4 Å². The highest BCUT2D eigenvalue weighted by molar-refractivity contribution is 5.97. The van der Waals surface area contributed by atoms with Gasteiger partial charge in [0.2, 0.25) is 0 Å². The van der Waals surface area contributed by atoms with Crippen molar-refractivity contribution in [2.24, 2.45) is 0 Å². The van der Waals surface area contributed by atoms with E-state index < -0.39 is 0 Å². The number of nitrogens with one attached hydrogen (secondary N) is 2. The van der Waals surface area contributed by atoms with Gasteiger partial charge < -0.3 is 15.2 Å². The molecule has 0 bridgehead atoms. The molecule has 1 rings (SSSR count). The minimum absolute atomic E-state index is 0.0951. The number of carbonyl (C=O) groups excluding carboxylic acids is 1. The Morgan fingerprint density at radius 3 is 2.71 bits per heavy atom. The number of amides is 1. The van der Waals surface area contributed by atoms with Crippen LogP contribution in [0.3, 0.4) is 0 Å². The van der Waals surface area contributed by atoms with E-state index in [4.69, 9.17) is 0 Å². The zero-order valence-corrected chi connectivity index (χ0v) is 10.9. The second kappa shape index (κ2) is 6.93. The average molecular weight is 238 g/mol. The number of hydrogen-bond donors (Lipinski definition) is 2. The molecule has 1 aromatic rings. The van der Waals surface area contributed by atoms with Crippen LogP contribution in [0.1, 0.15) is 43.1 Å². The summed E-state index contributed by atoms with van der Waals surface area (Å²) in [4.78, 5) is 15.9. The maximum absolute atomic E-state index is 11.8. The molecule has 0 fully saturated rings. The summed E-state index contributed by atoms with van der Waals surface area (Å²) in [5, 5.41) is 5.58. The highest BCUT2D eigenvalue weighted by Crippen LogP contribution is 2.14. The van der Waals surface area contributed by atoms with Gasteiger partial charge in [0, 0.05) is 20.6 Å². The molecule has 5 heteroatoms. The first-order valence-corrected chi connectivity index (χ1v) is 6.19. The van der Waals surface area contributed by atoms with Gasteiger partial charge in [-0.05, 0) is 6.42 Å². The van der Waals surface area contributed by atoms with E-state index in [0.29, 0.717) is 11.5 Å². The minimum Gasteiger partial charge on any atom is -0.371 e. The standard InChI is InChI=1S/C12H22N4O/c1-4-5-6-7-8-16-9-15-11(13-2)10(16)12(17)14-3/h9,13H,4-8H2,1-3H3,(H,14,17). The van der Waals surface area contributed by atoms with Crippen molar-refractivity contribution in [3.05, 3.63) is 12.0 Å². The van der Waals surface area contributed by atoms with Gasteiger partial charge in [0.05, 0.1) is 6.33 Å². The second-order valence-electron chi connectivity index (χ2n) is 4.02. The first-order valence-electron chi connectivity index (χ1n) is 6.19. The molecule has 0 aliphatic carbocycles. The van der Waals surface area contributed by atoms with Crippen LogP contribution in [-0.2, 0) is 6.54 Å². The van der Waals surface area contributed by atoms with E-state index in [9.17, 15) is 4.79 Å². The molecule has 96 valence electrons. The summed E-state index contributed by atoms with van der Waals surface area (Å²) in [7, 11) is 3.41. The fraction of sp³-hybridized carbons (Fsp3) is 0.667. The van der Waals surface area contributed by atoms with E-state index >= 15 is 0 Å². The van der Waals surface area contributed by atoms with Gasteiger partial charge in [-0.1, -0.05) is 26.2 Å².